The van der Waals surface area contributed by atoms with Gasteiger partial charge in [0.15, 0.2) is 17.7 Å². The SMILES string of the molecule is COC(=O)[C@H](O)[C@@H]1OC(C)(C)O[C@H]1[C@H]1COC(C)(C)O1. The molecule has 2 heterocycles. The van der Waals surface area contributed by atoms with Crippen LogP contribution in [0.2, 0.25) is 0 Å². The Balaban J connectivity index is 2.14. The van der Waals surface area contributed by atoms with Gasteiger partial charge in [-0.1, -0.05) is 0 Å². The fourth-order valence-corrected chi connectivity index (χ4v) is 2.48. The summed E-state index contributed by atoms with van der Waals surface area (Å²) in [5.74, 6) is -2.40. The number of carbonyl (C=O) groups excluding carboxylic acids is 1. The predicted octanol–water partition coefficient (Wildman–Crippen LogP) is 0.192. The molecule has 0 aromatic heterocycles. The highest BCUT2D eigenvalue weighted by Crippen LogP contribution is 2.36. The largest absolute Gasteiger partial charge is 0.467 e. The summed E-state index contributed by atoms with van der Waals surface area (Å²) >= 11 is 0. The van der Waals surface area contributed by atoms with Gasteiger partial charge in [-0.15, -0.1) is 0 Å². The minimum Gasteiger partial charge on any atom is -0.467 e. The second-order valence-corrected chi connectivity index (χ2v) is 5.90. The molecule has 0 aromatic carbocycles. The molecule has 0 radical (unpaired) electrons. The number of hydrogen-bond acceptors (Lipinski definition) is 7. The van der Waals surface area contributed by atoms with Gasteiger partial charge in [0.05, 0.1) is 13.7 Å². The number of methoxy groups -OCH3 is 1. The molecule has 1 N–H and O–H groups in total. The van der Waals surface area contributed by atoms with Crippen molar-refractivity contribution < 1.29 is 33.6 Å². The van der Waals surface area contributed by atoms with Gasteiger partial charge < -0.3 is 28.8 Å². The van der Waals surface area contributed by atoms with E-state index in [4.69, 9.17) is 18.9 Å². The van der Waals surface area contributed by atoms with Gasteiger partial charge >= 0.3 is 5.97 Å². The summed E-state index contributed by atoms with van der Waals surface area (Å²) in [4.78, 5) is 11.5. The third-order valence-electron chi connectivity index (χ3n) is 3.31. The maximum absolute atomic E-state index is 11.5. The van der Waals surface area contributed by atoms with E-state index in [1.807, 2.05) is 0 Å². The molecule has 0 bridgehead atoms. The second-order valence-electron chi connectivity index (χ2n) is 5.90. The standard InChI is InChI=1S/C13H22O7/c1-12(2)17-6-7(18-12)9-10(8(14)11(15)16-5)20-13(3,4)19-9/h7-10,14H,6H2,1-5H3/t7-,8-,9+,10+/m1/s1. The molecular formula is C13H22O7. The predicted molar refractivity (Wildman–Crippen MR) is 66.8 cm³/mol. The minimum atomic E-state index is -1.43. The molecule has 0 saturated carbocycles. The van der Waals surface area contributed by atoms with Crippen molar-refractivity contribution in [2.75, 3.05) is 13.7 Å². The lowest BCUT2D eigenvalue weighted by atomic mass is 10.0. The molecule has 0 aliphatic carbocycles. The van der Waals surface area contributed by atoms with Crippen molar-refractivity contribution in [3.05, 3.63) is 0 Å². The molecular weight excluding hydrogens is 268 g/mol. The smallest absolute Gasteiger partial charge is 0.337 e. The lowest BCUT2D eigenvalue weighted by Crippen LogP contribution is -2.47. The number of ether oxygens (including phenoxy) is 5. The fourth-order valence-electron chi connectivity index (χ4n) is 2.48. The van der Waals surface area contributed by atoms with E-state index >= 15 is 0 Å². The van der Waals surface area contributed by atoms with Crippen molar-refractivity contribution in [1.82, 2.24) is 0 Å². The van der Waals surface area contributed by atoms with E-state index in [0.29, 0.717) is 6.61 Å². The summed E-state index contributed by atoms with van der Waals surface area (Å²) in [6.07, 6.45) is -3.32. The Morgan fingerprint density at radius 1 is 1.20 bits per heavy atom. The highest BCUT2D eigenvalue weighted by Gasteiger charge is 2.53. The summed E-state index contributed by atoms with van der Waals surface area (Å²) < 4.78 is 27.1. The summed E-state index contributed by atoms with van der Waals surface area (Å²) in [5.41, 5.74) is 0. The minimum absolute atomic E-state index is 0.307. The zero-order valence-corrected chi connectivity index (χ0v) is 12.4. The van der Waals surface area contributed by atoms with Crippen molar-refractivity contribution >= 4 is 5.97 Å². The molecule has 0 amide bonds. The molecule has 0 aromatic rings. The summed E-state index contributed by atoms with van der Waals surface area (Å²) in [6, 6.07) is 0. The highest BCUT2D eigenvalue weighted by molar-refractivity contribution is 5.75. The van der Waals surface area contributed by atoms with Crippen LogP contribution in [-0.4, -0.2) is 60.8 Å². The molecule has 2 saturated heterocycles. The summed E-state index contributed by atoms with van der Waals surface area (Å²) in [6.45, 7) is 7.32. The van der Waals surface area contributed by atoms with Crippen LogP contribution in [-0.2, 0) is 28.5 Å². The fraction of sp³-hybridized carbons (Fsp3) is 0.923. The Bertz CT molecular complexity index is 379. The Labute approximate surface area is 118 Å². The second kappa shape index (κ2) is 5.23. The van der Waals surface area contributed by atoms with Crippen LogP contribution in [0, 0.1) is 0 Å². The Hall–Kier alpha value is -0.730. The van der Waals surface area contributed by atoms with Crippen molar-refractivity contribution in [2.45, 2.75) is 63.7 Å². The first-order chi connectivity index (χ1) is 9.15. The number of hydrogen-bond donors (Lipinski definition) is 1. The van der Waals surface area contributed by atoms with E-state index in [1.165, 1.54) is 7.11 Å². The van der Waals surface area contributed by atoms with Crippen LogP contribution >= 0.6 is 0 Å². The molecule has 20 heavy (non-hydrogen) atoms. The van der Waals surface area contributed by atoms with Crippen LogP contribution in [0.3, 0.4) is 0 Å². The molecule has 116 valence electrons. The average molecular weight is 290 g/mol. The van der Waals surface area contributed by atoms with Gasteiger partial charge in [-0.2, -0.15) is 0 Å². The van der Waals surface area contributed by atoms with Gasteiger partial charge in [0, 0.05) is 0 Å². The average Bonchev–Trinajstić information content (AvgIpc) is 2.86. The Morgan fingerprint density at radius 3 is 2.35 bits per heavy atom. The highest BCUT2D eigenvalue weighted by atomic mass is 16.8. The van der Waals surface area contributed by atoms with E-state index < -0.39 is 42.0 Å². The topological polar surface area (TPSA) is 83.5 Å². The lowest BCUT2D eigenvalue weighted by molar-refractivity contribution is -0.176. The van der Waals surface area contributed by atoms with Crippen LogP contribution < -0.4 is 0 Å². The molecule has 0 spiro atoms. The van der Waals surface area contributed by atoms with E-state index in [1.54, 1.807) is 27.7 Å². The zero-order valence-electron chi connectivity index (χ0n) is 12.4. The third kappa shape index (κ3) is 3.12. The van der Waals surface area contributed by atoms with Crippen LogP contribution in [0.4, 0.5) is 0 Å². The number of rotatable bonds is 3. The van der Waals surface area contributed by atoms with Crippen LogP contribution in [0.25, 0.3) is 0 Å². The maximum atomic E-state index is 11.5. The quantitative estimate of drug-likeness (QED) is 0.743. The molecule has 2 rings (SSSR count). The van der Waals surface area contributed by atoms with Crippen LogP contribution in [0.1, 0.15) is 27.7 Å². The Kier molecular flexibility index (Phi) is 4.10. The van der Waals surface area contributed by atoms with E-state index in [-0.39, 0.29) is 0 Å². The normalized spacial score (nSPS) is 36.8. The molecule has 7 heteroatoms. The van der Waals surface area contributed by atoms with Crippen molar-refractivity contribution in [3.63, 3.8) is 0 Å². The lowest BCUT2D eigenvalue weighted by Gasteiger charge is -2.25. The van der Waals surface area contributed by atoms with Crippen LogP contribution in [0.15, 0.2) is 0 Å². The van der Waals surface area contributed by atoms with E-state index in [2.05, 4.69) is 4.74 Å². The monoisotopic (exact) mass is 290 g/mol. The Morgan fingerprint density at radius 2 is 1.85 bits per heavy atom. The first kappa shape index (κ1) is 15.7. The first-order valence-corrected chi connectivity index (χ1v) is 6.58. The molecule has 2 aliphatic rings. The molecule has 4 atom stereocenters. The van der Waals surface area contributed by atoms with E-state index in [0.717, 1.165) is 0 Å². The van der Waals surface area contributed by atoms with Gasteiger partial charge in [0.2, 0.25) is 0 Å². The maximum Gasteiger partial charge on any atom is 0.337 e. The van der Waals surface area contributed by atoms with Gasteiger partial charge in [-0.25, -0.2) is 4.79 Å². The van der Waals surface area contributed by atoms with Crippen molar-refractivity contribution in [1.29, 1.82) is 0 Å². The van der Waals surface area contributed by atoms with Crippen molar-refractivity contribution in [2.24, 2.45) is 0 Å². The van der Waals surface area contributed by atoms with Gasteiger partial charge in [0.1, 0.15) is 18.3 Å². The number of carbonyl (C=O) groups is 1. The molecule has 7 nitrogen and oxygen atoms in total. The number of aliphatic hydroxyl groups excluding tert-OH is 1. The molecule has 2 aliphatic heterocycles. The summed E-state index contributed by atoms with van der Waals surface area (Å²) in [7, 11) is 1.21. The number of esters is 1. The van der Waals surface area contributed by atoms with Crippen molar-refractivity contribution in [3.8, 4) is 0 Å². The molecule has 2 fully saturated rings. The van der Waals surface area contributed by atoms with Gasteiger partial charge in [-0.3, -0.25) is 0 Å². The van der Waals surface area contributed by atoms with Gasteiger partial charge in [-0.05, 0) is 27.7 Å². The molecule has 0 unspecified atom stereocenters. The third-order valence-corrected chi connectivity index (χ3v) is 3.31. The number of aliphatic hydroxyl groups is 1. The summed E-state index contributed by atoms with van der Waals surface area (Å²) in [5, 5.41) is 10.0. The van der Waals surface area contributed by atoms with E-state index in [9.17, 15) is 9.90 Å². The first-order valence-electron chi connectivity index (χ1n) is 6.58. The van der Waals surface area contributed by atoms with Crippen LogP contribution in [0.5, 0.6) is 0 Å². The zero-order chi connectivity index (χ0) is 15.1. The van der Waals surface area contributed by atoms with Gasteiger partial charge in [0.25, 0.3) is 0 Å².